The van der Waals surface area contributed by atoms with Gasteiger partial charge in [-0.05, 0) is 45.0 Å². The highest BCUT2D eigenvalue weighted by atomic mass is 32.2. The van der Waals surface area contributed by atoms with Crippen LogP contribution in [0.3, 0.4) is 0 Å². The molecule has 1 aromatic carbocycles. The van der Waals surface area contributed by atoms with Crippen molar-refractivity contribution >= 4 is 44.6 Å². The van der Waals surface area contributed by atoms with E-state index in [1.807, 2.05) is 0 Å². The summed E-state index contributed by atoms with van der Waals surface area (Å²) in [5.74, 6) is -0.645. The van der Waals surface area contributed by atoms with Crippen LogP contribution < -0.4 is 16.0 Å². The van der Waals surface area contributed by atoms with E-state index in [1.165, 1.54) is 46.5 Å². The van der Waals surface area contributed by atoms with Crippen LogP contribution >= 0.6 is 0 Å². The molecule has 0 spiro atoms. The van der Waals surface area contributed by atoms with Gasteiger partial charge in [-0.3, -0.25) is 14.7 Å². The van der Waals surface area contributed by atoms with Gasteiger partial charge in [0.25, 0.3) is 5.91 Å². The van der Waals surface area contributed by atoms with Gasteiger partial charge in [-0.25, -0.2) is 28.2 Å². The third-order valence-corrected chi connectivity index (χ3v) is 8.22. The van der Waals surface area contributed by atoms with Crippen molar-refractivity contribution in [3.8, 4) is 0 Å². The number of carbonyl (C=O) groups excluding carboxylic acids is 2. The number of anilines is 2. The lowest BCUT2D eigenvalue weighted by Gasteiger charge is -2.21. The van der Waals surface area contributed by atoms with Crippen LogP contribution in [0, 0.1) is 0 Å². The zero-order chi connectivity index (χ0) is 29.2. The molecule has 1 unspecified atom stereocenters. The lowest BCUT2D eigenvalue weighted by molar-refractivity contribution is -0.137. The minimum absolute atomic E-state index is 0.0248. The summed E-state index contributed by atoms with van der Waals surface area (Å²) in [6.07, 6.45) is -3.21. The second-order valence-electron chi connectivity index (χ2n) is 8.98. The number of likely N-dealkylation sites (N-methyl/N-ethyl adjacent to an activating group) is 1. The summed E-state index contributed by atoms with van der Waals surface area (Å²) >= 11 is 0. The normalized spacial score (nSPS) is 21.8. The van der Waals surface area contributed by atoms with Gasteiger partial charge in [0.05, 0.1) is 11.2 Å². The number of benzene rings is 1. The second kappa shape index (κ2) is 11.2. The Kier molecular flexibility index (Phi) is 7.72. The molecule has 0 bridgehead atoms. The predicted molar refractivity (Wildman–Crippen MR) is 139 cm³/mol. The molecule has 39 heavy (non-hydrogen) atoms. The number of carbonyl (C=O) groups is 2. The summed E-state index contributed by atoms with van der Waals surface area (Å²) in [5, 5.41) is 28.5. The molecule has 2 aromatic heterocycles. The number of aliphatic hydroxyl groups excluding tert-OH is 2. The number of rotatable bonds is 8. The van der Waals surface area contributed by atoms with E-state index in [0.29, 0.717) is 5.69 Å². The maximum atomic E-state index is 12.7. The lowest BCUT2D eigenvalue weighted by Crippen LogP contribution is -2.42. The van der Waals surface area contributed by atoms with Gasteiger partial charge in [0, 0.05) is 26.7 Å². The highest BCUT2D eigenvalue weighted by Crippen LogP contribution is 2.32. The van der Waals surface area contributed by atoms with Crippen LogP contribution in [-0.2, 0) is 19.6 Å². The Morgan fingerprint density at radius 1 is 1.15 bits per heavy atom. The van der Waals surface area contributed by atoms with E-state index in [4.69, 9.17) is 6.11 Å². The molecule has 1 fully saturated rings. The van der Waals surface area contributed by atoms with E-state index < -0.39 is 46.5 Å². The molecule has 0 radical (unpaired) electrons. The molecular formula is C23H30N8O7S. The average Bonchev–Trinajstić information content (AvgIpc) is 3.48. The molecule has 3 amide bonds. The molecule has 3 heterocycles. The van der Waals surface area contributed by atoms with E-state index in [-0.39, 0.29) is 41.4 Å². The number of sulfonamides is 1. The van der Waals surface area contributed by atoms with Gasteiger partial charge in [-0.2, -0.15) is 4.31 Å². The van der Waals surface area contributed by atoms with Crippen molar-refractivity contribution in [3.63, 3.8) is 0 Å². The molecule has 0 saturated carbocycles. The maximum absolute atomic E-state index is 12.7. The molecule has 4 rings (SSSR count). The van der Waals surface area contributed by atoms with E-state index in [1.54, 1.807) is 13.8 Å². The molecular weight excluding hydrogens is 532 g/mol. The first-order valence-corrected chi connectivity index (χ1v) is 13.3. The van der Waals surface area contributed by atoms with Gasteiger partial charge >= 0.3 is 6.03 Å². The number of imidazole rings is 1. The fourth-order valence-electron chi connectivity index (χ4n) is 3.88. The van der Waals surface area contributed by atoms with Gasteiger partial charge in [0.1, 0.15) is 18.5 Å². The van der Waals surface area contributed by atoms with Crippen molar-refractivity contribution < 1.29 is 34.3 Å². The number of nitrogens with zero attached hydrogens (tertiary/aromatic N) is 5. The highest BCUT2D eigenvalue weighted by molar-refractivity contribution is 7.89. The number of ether oxygens (including phenoxy) is 1. The Labute approximate surface area is 225 Å². The summed E-state index contributed by atoms with van der Waals surface area (Å²) in [5.41, 5.74) is 0.617. The van der Waals surface area contributed by atoms with Crippen molar-refractivity contribution in [1.29, 1.82) is 0 Å². The summed E-state index contributed by atoms with van der Waals surface area (Å²) in [7, 11) is -2.19. The molecule has 1 saturated heterocycles. The molecule has 210 valence electrons. The summed E-state index contributed by atoms with van der Waals surface area (Å²) in [6.45, 7) is 3.52. The van der Waals surface area contributed by atoms with Crippen LogP contribution in [-0.4, -0.2) is 92.3 Å². The smallest absolute Gasteiger partial charge is 0.324 e. The van der Waals surface area contributed by atoms with Crippen LogP contribution in [0.2, 0.25) is 0 Å². The fraction of sp³-hybridized carbons (Fsp3) is 0.435. The SMILES string of the molecule is [2H]CCNC(=O)[C@H]1OC(n2cnc3c(NC(=O)Nc4ccc(S(=O)(=O)N(C)C(C)C)cc4)ncnc32)[C@H](O)[C@@H]1O. The van der Waals surface area contributed by atoms with Crippen LogP contribution in [0.1, 0.15) is 28.3 Å². The Balaban J connectivity index is 1.47. The third kappa shape index (κ3) is 5.55. The molecule has 15 nitrogen and oxygen atoms in total. The van der Waals surface area contributed by atoms with Crippen molar-refractivity contribution in [1.82, 2.24) is 29.1 Å². The molecule has 1 aliphatic heterocycles. The molecule has 16 heteroatoms. The fourth-order valence-corrected chi connectivity index (χ4v) is 5.25. The Bertz CT molecular complexity index is 1480. The largest absolute Gasteiger partial charge is 0.387 e. The van der Waals surface area contributed by atoms with Gasteiger partial charge in [0.2, 0.25) is 10.0 Å². The van der Waals surface area contributed by atoms with Gasteiger partial charge in [-0.1, -0.05) is 0 Å². The lowest BCUT2D eigenvalue weighted by atomic mass is 10.1. The summed E-state index contributed by atoms with van der Waals surface area (Å²) in [6, 6.07) is 4.75. The minimum Gasteiger partial charge on any atom is -0.387 e. The number of urea groups is 1. The van der Waals surface area contributed by atoms with Crippen LogP contribution in [0.4, 0.5) is 16.3 Å². The van der Waals surface area contributed by atoms with E-state index >= 15 is 0 Å². The number of aliphatic hydroxyl groups is 2. The number of fused-ring (bicyclic) bond motifs is 1. The first kappa shape index (κ1) is 26.9. The van der Waals surface area contributed by atoms with Crippen molar-refractivity contribution in [2.24, 2.45) is 0 Å². The Morgan fingerprint density at radius 2 is 1.87 bits per heavy atom. The number of hydrogen-bond donors (Lipinski definition) is 5. The molecule has 3 aromatic rings. The summed E-state index contributed by atoms with van der Waals surface area (Å²) < 4.78 is 40.6. The molecule has 1 aliphatic rings. The predicted octanol–water partition coefficient (Wildman–Crippen LogP) is 0.255. The molecule has 4 atom stereocenters. The van der Waals surface area contributed by atoms with Gasteiger partial charge < -0.3 is 25.6 Å². The van der Waals surface area contributed by atoms with Crippen molar-refractivity contribution in [3.05, 3.63) is 36.9 Å². The molecule has 0 aliphatic carbocycles. The first-order chi connectivity index (χ1) is 18.9. The maximum Gasteiger partial charge on any atom is 0.324 e. The van der Waals surface area contributed by atoms with Crippen molar-refractivity contribution in [2.45, 2.75) is 56.2 Å². The third-order valence-electron chi connectivity index (χ3n) is 6.18. The van der Waals surface area contributed by atoms with Crippen LogP contribution in [0.5, 0.6) is 0 Å². The zero-order valence-electron chi connectivity index (χ0n) is 22.3. The quantitative estimate of drug-likeness (QED) is 0.253. The van der Waals surface area contributed by atoms with Gasteiger partial charge in [-0.15, -0.1) is 0 Å². The number of aromatic nitrogens is 4. The van der Waals surface area contributed by atoms with Crippen LogP contribution in [0.25, 0.3) is 11.2 Å². The highest BCUT2D eigenvalue weighted by Gasteiger charge is 2.47. The number of hydrogen-bond acceptors (Lipinski definition) is 10. The van der Waals surface area contributed by atoms with E-state index in [0.717, 1.165) is 6.33 Å². The standard InChI is InChI=1S/C23H30N8O7S/c1-5-24-21(34)18-16(32)17(33)22(38-18)31-11-27-15-19(25-10-26-20(15)31)29-23(35)28-13-6-8-14(9-7-13)39(36,37)30(4)12(2)3/h6-12,16-18,22,32-33H,5H2,1-4H3,(H,24,34)(H2,25,26,28,29,35)/t16-,17+,18-,22?/m0/s1/i1D. The second-order valence-corrected chi connectivity index (χ2v) is 11.0. The number of amides is 3. The Morgan fingerprint density at radius 3 is 2.54 bits per heavy atom. The topological polar surface area (TPSA) is 201 Å². The van der Waals surface area contributed by atoms with Crippen molar-refractivity contribution in [2.75, 3.05) is 24.2 Å². The average molecular weight is 564 g/mol. The zero-order valence-corrected chi connectivity index (χ0v) is 22.2. The monoisotopic (exact) mass is 563 g/mol. The Hall–Kier alpha value is -3.70. The number of nitrogens with one attached hydrogen (secondary N) is 3. The summed E-state index contributed by atoms with van der Waals surface area (Å²) in [4.78, 5) is 37.4. The minimum atomic E-state index is -3.68. The van der Waals surface area contributed by atoms with Crippen LogP contribution in [0.15, 0.2) is 41.8 Å². The van der Waals surface area contributed by atoms with E-state index in [2.05, 4.69) is 30.9 Å². The van der Waals surface area contributed by atoms with Gasteiger partial charge in [0.15, 0.2) is 29.3 Å². The molecule has 5 N–H and O–H groups in total. The van der Waals surface area contributed by atoms with E-state index in [9.17, 15) is 28.2 Å². The first-order valence-electron chi connectivity index (χ1n) is 12.6.